The Kier molecular flexibility index (Phi) is 7.62. The van der Waals surface area contributed by atoms with Crippen LogP contribution in [0.3, 0.4) is 0 Å². The number of hydrogen-bond donors (Lipinski definition) is 2. The van der Waals surface area contributed by atoms with E-state index in [2.05, 4.69) is 32.5 Å². The molecule has 11 heteroatoms. The maximum Gasteiger partial charge on any atom is 0.295 e. The highest BCUT2D eigenvalue weighted by Crippen LogP contribution is 2.41. The number of aromatic nitrogens is 1. The molecule has 10 nitrogen and oxygen atoms in total. The van der Waals surface area contributed by atoms with E-state index >= 15 is 0 Å². The number of azo groups is 1. The second-order valence-corrected chi connectivity index (χ2v) is 9.17. The monoisotopic (exact) mass is 504 g/mol. The third-order valence-electron chi connectivity index (χ3n) is 5.33. The van der Waals surface area contributed by atoms with E-state index in [1.165, 1.54) is 12.3 Å². The van der Waals surface area contributed by atoms with E-state index in [1.54, 1.807) is 36.4 Å². The summed E-state index contributed by atoms with van der Waals surface area (Å²) in [6.45, 7) is 2.73. The Labute approximate surface area is 208 Å². The van der Waals surface area contributed by atoms with E-state index in [0.717, 1.165) is 24.2 Å². The Morgan fingerprint density at radius 3 is 2.42 bits per heavy atom. The highest BCUT2D eigenvalue weighted by Gasteiger charge is 2.20. The van der Waals surface area contributed by atoms with Gasteiger partial charge in [-0.15, -0.1) is 15.3 Å². The molecule has 36 heavy (non-hydrogen) atoms. The van der Waals surface area contributed by atoms with Crippen LogP contribution in [0.1, 0.15) is 19.8 Å². The number of ether oxygens (including phenoxy) is 1. The predicted molar refractivity (Wildman–Crippen MR) is 137 cm³/mol. The predicted octanol–water partition coefficient (Wildman–Crippen LogP) is 6.70. The molecule has 0 bridgehead atoms. The number of para-hydroxylation sites is 1. The molecule has 0 aliphatic rings. The molecule has 4 rings (SSSR count). The lowest BCUT2D eigenvalue weighted by Crippen LogP contribution is -1.99. The van der Waals surface area contributed by atoms with Crippen molar-refractivity contribution in [1.29, 1.82) is 0 Å². The topological polar surface area (TPSA) is 152 Å². The molecule has 0 spiro atoms. The first-order valence-corrected chi connectivity index (χ1v) is 12.6. The normalized spacial score (nSPS) is 12.1. The van der Waals surface area contributed by atoms with Gasteiger partial charge in [-0.2, -0.15) is 8.42 Å². The number of unbranched alkanes of at least 4 members (excludes halogenated alkanes) is 1. The zero-order chi connectivity index (χ0) is 25.5. The molecular formula is C25H24N6O4S. The smallest absolute Gasteiger partial charge is 0.295 e. The minimum Gasteiger partial charge on any atom is -0.493 e. The second kappa shape index (κ2) is 11.0. The minimum absolute atomic E-state index is 0.0641. The fourth-order valence-electron chi connectivity index (χ4n) is 3.61. The van der Waals surface area contributed by atoms with Gasteiger partial charge in [-0.1, -0.05) is 55.0 Å². The molecule has 0 aliphatic carbocycles. The Hall–Kier alpha value is -4.22. The molecule has 4 aromatic rings. The fraction of sp³-hybridized carbons (Fsp3) is 0.160. The summed E-state index contributed by atoms with van der Waals surface area (Å²) in [4.78, 5) is 4.16. The molecule has 1 aromatic heterocycles. The van der Waals surface area contributed by atoms with Crippen LogP contribution in [0.2, 0.25) is 0 Å². The summed E-state index contributed by atoms with van der Waals surface area (Å²) in [6, 6.07) is 18.9. The van der Waals surface area contributed by atoms with Crippen LogP contribution in [0.15, 0.2) is 98.4 Å². The van der Waals surface area contributed by atoms with E-state index in [4.69, 9.17) is 10.6 Å². The third-order valence-corrected chi connectivity index (χ3v) is 6.23. The highest BCUT2D eigenvalue weighted by atomic mass is 32.2. The SMILES string of the molecule is CCCCOc1ccccc1-c1ccc(N=Nc2cc(S(=O)(=O)O)c3ccccc3c2N=NN)cn1. The van der Waals surface area contributed by atoms with Gasteiger partial charge < -0.3 is 10.6 Å². The summed E-state index contributed by atoms with van der Waals surface area (Å²) in [5, 5.41) is 16.2. The number of rotatable bonds is 9. The number of benzene rings is 3. The van der Waals surface area contributed by atoms with Crippen molar-refractivity contribution in [2.45, 2.75) is 24.7 Å². The van der Waals surface area contributed by atoms with Gasteiger partial charge >= 0.3 is 0 Å². The fourth-order valence-corrected chi connectivity index (χ4v) is 4.33. The second-order valence-electron chi connectivity index (χ2n) is 7.78. The van der Waals surface area contributed by atoms with E-state index in [9.17, 15) is 13.0 Å². The Balaban J connectivity index is 1.69. The first kappa shape index (κ1) is 24.9. The van der Waals surface area contributed by atoms with E-state index in [0.29, 0.717) is 23.4 Å². The molecule has 184 valence electrons. The van der Waals surface area contributed by atoms with Crippen LogP contribution in [0, 0.1) is 0 Å². The van der Waals surface area contributed by atoms with Crippen molar-refractivity contribution >= 4 is 38.0 Å². The number of nitrogens with zero attached hydrogens (tertiary/aromatic N) is 5. The number of fused-ring (bicyclic) bond motifs is 1. The van der Waals surface area contributed by atoms with Crippen LogP contribution in [0.4, 0.5) is 17.1 Å². The summed E-state index contributed by atoms with van der Waals surface area (Å²) in [6.07, 6.45) is 3.54. The van der Waals surface area contributed by atoms with E-state index in [1.807, 2.05) is 24.3 Å². The summed E-state index contributed by atoms with van der Waals surface area (Å²) < 4.78 is 39.7. The first-order chi connectivity index (χ1) is 17.4. The Morgan fingerprint density at radius 2 is 1.72 bits per heavy atom. The van der Waals surface area contributed by atoms with Gasteiger partial charge in [0.2, 0.25) is 0 Å². The maximum atomic E-state index is 12.0. The standard InChI is InChI=1S/C25H24N6O4S/c1-2-3-14-35-23-11-7-6-10-20(23)21-13-12-17(16-27-21)28-29-22-15-24(36(32,33)34)18-8-4-5-9-19(18)25(22)30-31-26/h4-13,15-16H,2-3,14H2,1H3,(H2,26,30)(H,32,33,34). The third kappa shape index (κ3) is 5.53. The van der Waals surface area contributed by atoms with Crippen LogP contribution in [0.25, 0.3) is 22.0 Å². The van der Waals surface area contributed by atoms with Crippen LogP contribution in [0.5, 0.6) is 5.75 Å². The maximum absolute atomic E-state index is 12.0. The molecule has 1 heterocycles. The lowest BCUT2D eigenvalue weighted by atomic mass is 10.1. The molecular weight excluding hydrogens is 480 g/mol. The molecule has 0 unspecified atom stereocenters. The number of pyridine rings is 1. The zero-order valence-electron chi connectivity index (χ0n) is 19.4. The van der Waals surface area contributed by atoms with Gasteiger partial charge in [0.15, 0.2) is 0 Å². The molecule has 0 atom stereocenters. The molecule has 0 fully saturated rings. The van der Waals surface area contributed by atoms with Crippen molar-refractivity contribution in [1.82, 2.24) is 4.98 Å². The van der Waals surface area contributed by atoms with Gasteiger partial charge in [0.05, 0.1) is 18.5 Å². The molecule has 0 radical (unpaired) electrons. The average Bonchev–Trinajstić information content (AvgIpc) is 2.88. The van der Waals surface area contributed by atoms with Gasteiger partial charge in [-0.3, -0.25) is 9.54 Å². The number of nitrogens with two attached hydrogens (primary N) is 1. The zero-order valence-corrected chi connectivity index (χ0v) is 20.3. The van der Waals surface area contributed by atoms with Crippen molar-refractivity contribution in [3.8, 4) is 17.0 Å². The van der Waals surface area contributed by atoms with Crippen molar-refractivity contribution in [3.63, 3.8) is 0 Å². The van der Waals surface area contributed by atoms with Crippen LogP contribution < -0.4 is 10.6 Å². The van der Waals surface area contributed by atoms with Gasteiger partial charge in [0, 0.05) is 16.3 Å². The van der Waals surface area contributed by atoms with E-state index < -0.39 is 10.1 Å². The summed E-state index contributed by atoms with van der Waals surface area (Å²) >= 11 is 0. The lowest BCUT2D eigenvalue weighted by molar-refractivity contribution is 0.310. The largest absolute Gasteiger partial charge is 0.493 e. The van der Waals surface area contributed by atoms with Crippen molar-refractivity contribution in [3.05, 3.63) is 72.9 Å². The summed E-state index contributed by atoms with van der Waals surface area (Å²) in [5.74, 6) is 6.02. The lowest BCUT2D eigenvalue weighted by Gasteiger charge is -2.10. The molecule has 0 saturated carbocycles. The van der Waals surface area contributed by atoms with Crippen LogP contribution in [-0.4, -0.2) is 24.6 Å². The van der Waals surface area contributed by atoms with Crippen molar-refractivity contribution in [2.24, 2.45) is 26.4 Å². The van der Waals surface area contributed by atoms with Gasteiger partial charge in [-0.05, 0) is 36.8 Å². The van der Waals surface area contributed by atoms with Crippen molar-refractivity contribution in [2.75, 3.05) is 6.61 Å². The summed E-state index contributed by atoms with van der Waals surface area (Å²) in [5.41, 5.74) is 2.26. The molecule has 3 aromatic carbocycles. The van der Waals surface area contributed by atoms with Crippen molar-refractivity contribution < 1.29 is 17.7 Å². The molecule has 0 saturated heterocycles. The number of hydrogen-bond acceptors (Lipinski definition) is 8. The van der Waals surface area contributed by atoms with E-state index in [-0.39, 0.29) is 21.7 Å². The minimum atomic E-state index is -4.54. The first-order valence-electron chi connectivity index (χ1n) is 11.2. The molecule has 3 N–H and O–H groups in total. The Bertz CT molecular complexity index is 1540. The molecule has 0 amide bonds. The van der Waals surface area contributed by atoms with Gasteiger partial charge in [-0.25, -0.2) is 0 Å². The Morgan fingerprint density at radius 1 is 0.972 bits per heavy atom. The molecule has 0 aliphatic heterocycles. The summed E-state index contributed by atoms with van der Waals surface area (Å²) in [7, 11) is -4.54. The highest BCUT2D eigenvalue weighted by molar-refractivity contribution is 7.86. The quantitative estimate of drug-likeness (QED) is 0.0850. The van der Waals surface area contributed by atoms with Crippen LogP contribution >= 0.6 is 0 Å². The van der Waals surface area contributed by atoms with Gasteiger partial charge in [0.25, 0.3) is 10.1 Å². The van der Waals surface area contributed by atoms with Gasteiger partial charge in [0.1, 0.15) is 27.7 Å². The van der Waals surface area contributed by atoms with Crippen LogP contribution in [-0.2, 0) is 10.1 Å². The average molecular weight is 505 g/mol.